The average Bonchev–Trinajstić information content (AvgIpc) is 3.21. The van der Waals surface area contributed by atoms with Gasteiger partial charge >= 0.3 is 0 Å². The summed E-state index contributed by atoms with van der Waals surface area (Å²) >= 11 is 0. The first kappa shape index (κ1) is 23.9. The highest BCUT2D eigenvalue weighted by Gasteiger charge is 2.27. The van der Waals surface area contributed by atoms with Crippen molar-refractivity contribution in [3.05, 3.63) is 60.2 Å². The van der Waals surface area contributed by atoms with Crippen molar-refractivity contribution in [2.24, 2.45) is 5.92 Å². The van der Waals surface area contributed by atoms with Crippen molar-refractivity contribution in [3.63, 3.8) is 0 Å². The lowest BCUT2D eigenvalue weighted by Crippen LogP contribution is -2.30. The molecule has 160 valence electrons. The lowest BCUT2D eigenvalue weighted by molar-refractivity contribution is 0.0789. The van der Waals surface area contributed by atoms with Crippen molar-refractivity contribution in [1.82, 2.24) is 15.2 Å². The van der Waals surface area contributed by atoms with Gasteiger partial charge in [0.25, 0.3) is 5.91 Å². The summed E-state index contributed by atoms with van der Waals surface area (Å²) in [6, 6.07) is 17.6. The Balaban J connectivity index is 0.00000160. The van der Waals surface area contributed by atoms with E-state index in [1.165, 1.54) is 0 Å². The Morgan fingerprint density at radius 2 is 1.90 bits per heavy atom. The second-order valence-corrected chi connectivity index (χ2v) is 7.26. The molecule has 1 aliphatic heterocycles. The topological polar surface area (TPSA) is 54.5 Å². The molecule has 1 N–H and O–H groups in total. The zero-order valence-electron chi connectivity index (χ0n) is 17.1. The molecule has 0 bridgehead atoms. The highest BCUT2D eigenvalue weighted by molar-refractivity contribution is 6.07. The molecule has 7 heteroatoms. The number of methoxy groups -OCH3 is 1. The van der Waals surface area contributed by atoms with Crippen LogP contribution in [0.1, 0.15) is 16.8 Å². The van der Waals surface area contributed by atoms with E-state index in [0.29, 0.717) is 5.92 Å². The minimum absolute atomic E-state index is 0. The Labute approximate surface area is 189 Å². The van der Waals surface area contributed by atoms with Crippen LogP contribution in [0.3, 0.4) is 0 Å². The van der Waals surface area contributed by atoms with E-state index in [-0.39, 0.29) is 30.7 Å². The second-order valence-electron chi connectivity index (χ2n) is 7.26. The number of carbonyl (C=O) groups is 1. The van der Waals surface area contributed by atoms with Gasteiger partial charge in [0, 0.05) is 24.0 Å². The first-order chi connectivity index (χ1) is 13.7. The minimum Gasteiger partial charge on any atom is -0.497 e. The zero-order valence-corrected chi connectivity index (χ0v) is 18.8. The van der Waals surface area contributed by atoms with E-state index < -0.39 is 0 Å². The third kappa shape index (κ3) is 4.86. The van der Waals surface area contributed by atoms with Gasteiger partial charge in [0.1, 0.15) is 5.75 Å². The number of rotatable bonds is 5. The number of carbonyl (C=O) groups excluding carboxylic acids is 1. The maximum absolute atomic E-state index is 13.4. The monoisotopic (exact) mass is 447 g/mol. The Hall–Kier alpha value is -2.34. The number of halogens is 2. The van der Waals surface area contributed by atoms with Crippen LogP contribution >= 0.6 is 24.8 Å². The first-order valence-corrected chi connectivity index (χ1v) is 9.67. The van der Waals surface area contributed by atoms with Crippen molar-refractivity contribution >= 4 is 41.6 Å². The van der Waals surface area contributed by atoms with Crippen LogP contribution in [0.5, 0.6) is 5.75 Å². The Bertz CT molecular complexity index is 995. The summed E-state index contributed by atoms with van der Waals surface area (Å²) in [5, 5.41) is 4.12. The summed E-state index contributed by atoms with van der Waals surface area (Å²) in [6.45, 7) is 2.55. The molecule has 1 aliphatic rings. The number of aromatic nitrogens is 1. The van der Waals surface area contributed by atoms with Crippen molar-refractivity contribution in [1.29, 1.82) is 0 Å². The van der Waals surface area contributed by atoms with Gasteiger partial charge in [-0.1, -0.05) is 18.2 Å². The van der Waals surface area contributed by atoms with Crippen LogP contribution in [0.15, 0.2) is 54.6 Å². The van der Waals surface area contributed by atoms with E-state index in [2.05, 4.69) is 5.32 Å². The van der Waals surface area contributed by atoms with Crippen molar-refractivity contribution in [2.45, 2.75) is 6.42 Å². The fourth-order valence-corrected chi connectivity index (χ4v) is 3.90. The predicted octanol–water partition coefficient (Wildman–Crippen LogP) is 4.44. The van der Waals surface area contributed by atoms with E-state index in [9.17, 15) is 4.79 Å². The van der Waals surface area contributed by atoms with Crippen LogP contribution in [-0.4, -0.2) is 49.6 Å². The van der Waals surface area contributed by atoms with Crippen LogP contribution in [0.2, 0.25) is 0 Å². The highest BCUT2D eigenvalue weighted by Crippen LogP contribution is 2.28. The molecule has 0 saturated carbocycles. The molecule has 0 radical (unpaired) electrons. The van der Waals surface area contributed by atoms with Gasteiger partial charge in [-0.05, 0) is 62.3 Å². The molecule has 1 fully saturated rings. The Morgan fingerprint density at radius 3 is 2.60 bits per heavy atom. The number of likely N-dealkylation sites (tertiary alicyclic amines) is 1. The fraction of sp³-hybridized carbons (Fsp3) is 0.304. The number of hydrogen-bond donors (Lipinski definition) is 1. The van der Waals surface area contributed by atoms with Gasteiger partial charge in [-0.3, -0.25) is 4.79 Å². The molecular formula is C23H27Cl2N3O2. The lowest BCUT2D eigenvalue weighted by Gasteiger charge is -2.18. The van der Waals surface area contributed by atoms with Gasteiger partial charge in [-0.25, -0.2) is 4.98 Å². The Kier molecular flexibility index (Phi) is 8.47. The molecule has 3 aromatic rings. The molecule has 4 rings (SSSR count). The molecule has 1 saturated heterocycles. The molecule has 1 amide bonds. The fourth-order valence-electron chi connectivity index (χ4n) is 3.90. The number of benzene rings is 2. The maximum atomic E-state index is 13.4. The second kappa shape index (κ2) is 10.6. The number of amides is 1. The summed E-state index contributed by atoms with van der Waals surface area (Å²) in [5.41, 5.74) is 3.33. The van der Waals surface area contributed by atoms with Gasteiger partial charge in [0.2, 0.25) is 0 Å². The average molecular weight is 448 g/mol. The van der Waals surface area contributed by atoms with Crippen molar-refractivity contribution in [2.75, 3.05) is 33.8 Å². The summed E-state index contributed by atoms with van der Waals surface area (Å²) in [5.74, 6) is 1.41. The summed E-state index contributed by atoms with van der Waals surface area (Å²) in [6.07, 6.45) is 1.04. The number of fused-ring (bicyclic) bond motifs is 1. The van der Waals surface area contributed by atoms with E-state index >= 15 is 0 Å². The first-order valence-electron chi connectivity index (χ1n) is 9.67. The molecule has 1 aromatic heterocycles. The minimum atomic E-state index is 0. The van der Waals surface area contributed by atoms with Gasteiger partial charge in [-0.15, -0.1) is 24.8 Å². The third-order valence-electron chi connectivity index (χ3n) is 5.40. The van der Waals surface area contributed by atoms with Crippen LogP contribution in [0, 0.1) is 5.92 Å². The smallest absolute Gasteiger partial charge is 0.254 e. The van der Waals surface area contributed by atoms with Crippen molar-refractivity contribution < 1.29 is 9.53 Å². The van der Waals surface area contributed by atoms with Crippen molar-refractivity contribution in [3.8, 4) is 17.0 Å². The quantitative estimate of drug-likeness (QED) is 0.627. The molecule has 1 unspecified atom stereocenters. The molecule has 2 aromatic carbocycles. The predicted molar refractivity (Wildman–Crippen MR) is 126 cm³/mol. The number of ether oxygens (including phenoxy) is 1. The molecule has 2 heterocycles. The Morgan fingerprint density at radius 1 is 1.17 bits per heavy atom. The number of hydrogen-bond acceptors (Lipinski definition) is 4. The van der Waals surface area contributed by atoms with Crippen LogP contribution in [-0.2, 0) is 0 Å². The summed E-state index contributed by atoms with van der Waals surface area (Å²) in [4.78, 5) is 20.1. The summed E-state index contributed by atoms with van der Waals surface area (Å²) in [7, 11) is 3.61. The van der Waals surface area contributed by atoms with Crippen LogP contribution in [0.4, 0.5) is 0 Å². The van der Waals surface area contributed by atoms with E-state index in [1.54, 1.807) is 7.11 Å². The normalized spacial score (nSPS) is 15.4. The molecular weight excluding hydrogens is 421 g/mol. The van der Waals surface area contributed by atoms with E-state index in [1.807, 2.05) is 66.5 Å². The van der Waals surface area contributed by atoms with E-state index in [4.69, 9.17) is 9.72 Å². The molecule has 1 atom stereocenters. The number of para-hydroxylation sites is 1. The van der Waals surface area contributed by atoms with Gasteiger partial charge < -0.3 is 15.0 Å². The third-order valence-corrected chi connectivity index (χ3v) is 5.40. The molecule has 30 heavy (non-hydrogen) atoms. The highest BCUT2D eigenvalue weighted by atomic mass is 35.5. The number of nitrogens with one attached hydrogen (secondary N) is 1. The lowest BCUT2D eigenvalue weighted by atomic mass is 10.0. The molecule has 5 nitrogen and oxygen atoms in total. The number of pyridine rings is 1. The molecule has 0 spiro atoms. The summed E-state index contributed by atoms with van der Waals surface area (Å²) < 4.78 is 5.25. The van der Waals surface area contributed by atoms with Gasteiger partial charge in [0.15, 0.2) is 0 Å². The maximum Gasteiger partial charge on any atom is 0.254 e. The largest absolute Gasteiger partial charge is 0.497 e. The van der Waals surface area contributed by atoms with E-state index in [0.717, 1.165) is 59.5 Å². The van der Waals surface area contributed by atoms with Gasteiger partial charge in [0.05, 0.1) is 23.9 Å². The number of nitrogens with zero attached hydrogens (tertiary/aromatic N) is 2. The SMILES string of the molecule is CNCC1CCN(C(=O)c2cc(-c3ccc(OC)cc3)nc3ccccc23)C1.Cl.Cl. The van der Waals surface area contributed by atoms with Crippen LogP contribution in [0.25, 0.3) is 22.2 Å². The molecule has 0 aliphatic carbocycles. The van der Waals surface area contributed by atoms with Gasteiger partial charge in [-0.2, -0.15) is 0 Å². The standard InChI is InChI=1S/C23H25N3O2.2ClH/c1-24-14-16-11-12-26(15-16)23(27)20-13-22(17-7-9-18(28-2)10-8-17)25-21-6-4-3-5-19(20)21;;/h3-10,13,16,24H,11-12,14-15H2,1-2H3;2*1H. The zero-order chi connectivity index (χ0) is 19.5. The van der Waals surface area contributed by atoms with Crippen LogP contribution < -0.4 is 10.1 Å².